The van der Waals surface area contributed by atoms with Gasteiger partial charge in [0, 0.05) is 13.0 Å². The van der Waals surface area contributed by atoms with Gasteiger partial charge in [0.05, 0.1) is 25.3 Å². The molecule has 9 heteroatoms. The molecule has 0 bridgehead atoms. The molecule has 132 valence electrons. The second-order valence-electron chi connectivity index (χ2n) is 5.97. The number of halogens is 1. The molecule has 8 nitrogen and oxygen atoms in total. The molecule has 1 aliphatic heterocycles. The smallest absolute Gasteiger partial charge is 0.318 e. The van der Waals surface area contributed by atoms with Crippen LogP contribution < -0.4 is 11.1 Å². The Balaban J connectivity index is 1.62. The Kier molecular flexibility index (Phi) is 4.92. The first kappa shape index (κ1) is 16.9. The molecule has 0 aliphatic carbocycles. The van der Waals surface area contributed by atoms with E-state index in [1.165, 1.54) is 15.8 Å². The highest BCUT2D eigenvalue weighted by Crippen LogP contribution is 2.22. The Bertz CT molecular complexity index is 750. The third-order valence-electron chi connectivity index (χ3n) is 4.10. The largest absolute Gasteiger partial charge is 0.364 e. The standard InChI is InChI=1S/C16H19FN6O2/c17-12-6-13(9-22-10-14(15(18)24)20-21-22)23(8-12)16(25)19-7-11-4-2-1-3-5-11/h1-5,10,12-13H,6-9H2,(H2,18,24)(H,19,25)/t12-,13-/m0/s1. The zero-order chi connectivity index (χ0) is 17.8. The van der Waals surface area contributed by atoms with Gasteiger partial charge in [0.2, 0.25) is 0 Å². The van der Waals surface area contributed by atoms with Gasteiger partial charge >= 0.3 is 6.03 Å². The van der Waals surface area contributed by atoms with Gasteiger partial charge in [-0.15, -0.1) is 5.10 Å². The lowest BCUT2D eigenvalue weighted by Crippen LogP contribution is -2.44. The molecule has 1 aromatic heterocycles. The second-order valence-corrected chi connectivity index (χ2v) is 5.97. The van der Waals surface area contributed by atoms with Crippen molar-refractivity contribution >= 4 is 11.9 Å². The van der Waals surface area contributed by atoms with Crippen molar-refractivity contribution in [2.75, 3.05) is 6.54 Å². The summed E-state index contributed by atoms with van der Waals surface area (Å²) in [5.41, 5.74) is 6.14. The summed E-state index contributed by atoms with van der Waals surface area (Å²) in [5, 5.41) is 10.2. The fourth-order valence-corrected chi connectivity index (χ4v) is 2.87. The number of nitrogens with two attached hydrogens (primary N) is 1. The summed E-state index contributed by atoms with van der Waals surface area (Å²) in [7, 11) is 0. The van der Waals surface area contributed by atoms with Crippen LogP contribution in [0.25, 0.3) is 0 Å². The van der Waals surface area contributed by atoms with Crippen molar-refractivity contribution in [2.45, 2.75) is 31.7 Å². The molecule has 0 saturated carbocycles. The van der Waals surface area contributed by atoms with Crippen molar-refractivity contribution in [3.8, 4) is 0 Å². The van der Waals surface area contributed by atoms with Crippen LogP contribution in [-0.2, 0) is 13.1 Å². The molecule has 1 fully saturated rings. The number of alkyl halides is 1. The summed E-state index contributed by atoms with van der Waals surface area (Å²) in [6.07, 6.45) is 0.518. The number of primary amides is 1. The van der Waals surface area contributed by atoms with E-state index >= 15 is 0 Å². The SMILES string of the molecule is NC(=O)c1cn(C[C@@H]2C[C@H](F)CN2C(=O)NCc2ccccc2)nn1. The highest BCUT2D eigenvalue weighted by molar-refractivity contribution is 5.90. The maximum Gasteiger partial charge on any atom is 0.318 e. The minimum absolute atomic E-state index is 0.0304. The van der Waals surface area contributed by atoms with Crippen molar-refractivity contribution in [2.24, 2.45) is 5.73 Å². The molecule has 0 radical (unpaired) electrons. The molecule has 3 N–H and O–H groups in total. The first-order valence-corrected chi connectivity index (χ1v) is 7.95. The van der Waals surface area contributed by atoms with E-state index in [1.807, 2.05) is 30.3 Å². The van der Waals surface area contributed by atoms with Crippen molar-refractivity contribution in [3.63, 3.8) is 0 Å². The minimum atomic E-state index is -1.09. The van der Waals surface area contributed by atoms with E-state index in [4.69, 9.17) is 5.73 Å². The van der Waals surface area contributed by atoms with Crippen LogP contribution >= 0.6 is 0 Å². The minimum Gasteiger partial charge on any atom is -0.364 e. The Morgan fingerprint density at radius 1 is 1.32 bits per heavy atom. The number of urea groups is 1. The van der Waals surface area contributed by atoms with Gasteiger partial charge < -0.3 is 16.0 Å². The quantitative estimate of drug-likeness (QED) is 0.831. The van der Waals surface area contributed by atoms with Crippen molar-refractivity contribution in [1.82, 2.24) is 25.2 Å². The monoisotopic (exact) mass is 346 g/mol. The van der Waals surface area contributed by atoms with Crippen molar-refractivity contribution in [1.29, 1.82) is 0 Å². The van der Waals surface area contributed by atoms with Crippen LogP contribution in [0, 0.1) is 0 Å². The summed E-state index contributed by atoms with van der Waals surface area (Å²) < 4.78 is 15.2. The van der Waals surface area contributed by atoms with Gasteiger partial charge in [-0.2, -0.15) is 0 Å². The van der Waals surface area contributed by atoms with E-state index in [1.54, 1.807) is 0 Å². The molecule has 1 saturated heterocycles. The normalized spacial score (nSPS) is 19.8. The second kappa shape index (κ2) is 7.29. The Morgan fingerprint density at radius 3 is 2.76 bits per heavy atom. The number of rotatable bonds is 5. The van der Waals surface area contributed by atoms with Crippen LogP contribution in [-0.4, -0.2) is 50.6 Å². The maximum absolute atomic E-state index is 13.8. The van der Waals surface area contributed by atoms with E-state index in [9.17, 15) is 14.0 Å². The molecule has 0 spiro atoms. The lowest BCUT2D eigenvalue weighted by Gasteiger charge is -2.24. The van der Waals surface area contributed by atoms with Crippen LogP contribution in [0.3, 0.4) is 0 Å². The highest BCUT2D eigenvalue weighted by atomic mass is 19.1. The highest BCUT2D eigenvalue weighted by Gasteiger charge is 2.35. The number of carbonyl (C=O) groups excluding carboxylic acids is 2. The number of aromatic nitrogens is 3. The number of likely N-dealkylation sites (tertiary alicyclic amines) is 1. The van der Waals surface area contributed by atoms with Gasteiger partial charge in [0.15, 0.2) is 5.69 Å². The first-order valence-electron chi connectivity index (χ1n) is 7.95. The van der Waals surface area contributed by atoms with Gasteiger partial charge in [-0.3, -0.25) is 4.79 Å². The summed E-state index contributed by atoms with van der Waals surface area (Å²) in [6, 6.07) is 8.78. The molecule has 2 aromatic rings. The molecule has 2 atom stereocenters. The van der Waals surface area contributed by atoms with Gasteiger partial charge in [-0.25, -0.2) is 13.9 Å². The number of nitrogens with zero attached hydrogens (tertiary/aromatic N) is 4. The summed E-state index contributed by atoms with van der Waals surface area (Å²) >= 11 is 0. The number of nitrogens with one attached hydrogen (secondary N) is 1. The number of carbonyl (C=O) groups is 2. The predicted octanol–water partition coefficient (Wildman–Crippen LogP) is 0.699. The molecular weight excluding hydrogens is 327 g/mol. The summed E-state index contributed by atoms with van der Waals surface area (Å²) in [6.45, 7) is 0.650. The molecule has 1 aromatic carbocycles. The van der Waals surface area contributed by atoms with Crippen molar-refractivity contribution < 1.29 is 14.0 Å². The lowest BCUT2D eigenvalue weighted by atomic mass is 10.2. The van der Waals surface area contributed by atoms with Crippen LogP contribution in [0.15, 0.2) is 36.5 Å². The fourth-order valence-electron chi connectivity index (χ4n) is 2.87. The van der Waals surface area contributed by atoms with Gasteiger partial charge in [0.25, 0.3) is 5.91 Å². The van der Waals surface area contributed by atoms with E-state index < -0.39 is 12.1 Å². The molecule has 3 rings (SSSR count). The Labute approximate surface area is 143 Å². The number of hydrogen-bond acceptors (Lipinski definition) is 4. The first-order chi connectivity index (χ1) is 12.0. The Morgan fingerprint density at radius 2 is 2.08 bits per heavy atom. The van der Waals surface area contributed by atoms with Crippen LogP contribution in [0.4, 0.5) is 9.18 Å². The molecule has 3 amide bonds. The Hall–Kier alpha value is -2.97. The van der Waals surface area contributed by atoms with Gasteiger partial charge in [-0.1, -0.05) is 35.5 Å². The maximum atomic E-state index is 13.8. The molecular formula is C16H19FN6O2. The van der Waals surface area contributed by atoms with Crippen LogP contribution in [0.2, 0.25) is 0 Å². The van der Waals surface area contributed by atoms with Gasteiger partial charge in [-0.05, 0) is 5.56 Å². The molecule has 1 aliphatic rings. The van der Waals surface area contributed by atoms with E-state index in [-0.39, 0.29) is 37.3 Å². The van der Waals surface area contributed by atoms with Crippen LogP contribution in [0.5, 0.6) is 0 Å². The average Bonchev–Trinajstić information content (AvgIpc) is 3.21. The van der Waals surface area contributed by atoms with Gasteiger partial charge in [0.1, 0.15) is 6.17 Å². The summed E-state index contributed by atoms with van der Waals surface area (Å²) in [4.78, 5) is 24.9. The molecule has 2 heterocycles. The van der Waals surface area contributed by atoms with E-state index in [0.29, 0.717) is 6.54 Å². The van der Waals surface area contributed by atoms with E-state index in [0.717, 1.165) is 5.56 Å². The number of benzene rings is 1. The third kappa shape index (κ3) is 4.11. The number of hydrogen-bond donors (Lipinski definition) is 2. The summed E-state index contributed by atoms with van der Waals surface area (Å²) in [5.74, 6) is -0.682. The molecule has 0 unspecified atom stereocenters. The fraction of sp³-hybridized carbons (Fsp3) is 0.375. The lowest BCUT2D eigenvalue weighted by molar-refractivity contribution is 0.0995. The van der Waals surface area contributed by atoms with E-state index in [2.05, 4.69) is 15.6 Å². The topological polar surface area (TPSA) is 106 Å². The third-order valence-corrected chi connectivity index (χ3v) is 4.10. The molecule has 25 heavy (non-hydrogen) atoms. The average molecular weight is 346 g/mol. The van der Waals surface area contributed by atoms with Crippen LogP contribution in [0.1, 0.15) is 22.5 Å². The zero-order valence-corrected chi connectivity index (χ0v) is 13.5. The number of amides is 3. The van der Waals surface area contributed by atoms with Crippen molar-refractivity contribution in [3.05, 3.63) is 47.8 Å². The predicted molar refractivity (Wildman–Crippen MR) is 87.2 cm³/mol. The zero-order valence-electron chi connectivity index (χ0n) is 13.5.